The summed E-state index contributed by atoms with van der Waals surface area (Å²) in [5.74, 6) is -3.45. The summed E-state index contributed by atoms with van der Waals surface area (Å²) in [6.45, 7) is -0.0695. The minimum Gasteiger partial charge on any atom is -0.343 e. The van der Waals surface area contributed by atoms with Gasteiger partial charge in [0.25, 0.3) is 0 Å². The van der Waals surface area contributed by atoms with Gasteiger partial charge in [-0.1, -0.05) is 6.07 Å². The van der Waals surface area contributed by atoms with E-state index >= 15 is 0 Å². The number of piperidine rings is 1. The Morgan fingerprint density at radius 2 is 1.50 bits per heavy atom. The first-order valence-electron chi connectivity index (χ1n) is 9.73. The summed E-state index contributed by atoms with van der Waals surface area (Å²) in [5, 5.41) is -0.723. The van der Waals surface area contributed by atoms with Crippen molar-refractivity contribution in [1.29, 1.82) is 0 Å². The molecule has 0 saturated carbocycles. The van der Waals surface area contributed by atoms with Crippen molar-refractivity contribution in [1.82, 2.24) is 9.62 Å². The van der Waals surface area contributed by atoms with E-state index in [1.54, 1.807) is 0 Å². The first kappa shape index (κ1) is 24.2. The first-order chi connectivity index (χ1) is 15.0. The molecule has 32 heavy (non-hydrogen) atoms. The second kappa shape index (κ2) is 9.59. The maximum absolute atomic E-state index is 13.7. The Hall–Kier alpha value is -2.44. The Morgan fingerprint density at radius 1 is 0.938 bits per heavy atom. The van der Waals surface area contributed by atoms with Crippen LogP contribution in [-0.2, 0) is 24.7 Å². The molecule has 3 rings (SSSR count). The Morgan fingerprint density at radius 3 is 2.06 bits per heavy atom. The lowest BCUT2D eigenvalue weighted by molar-refractivity contribution is -0.131. The minimum atomic E-state index is -4.49. The molecule has 2 aromatic rings. The van der Waals surface area contributed by atoms with Gasteiger partial charge in [0.1, 0.15) is 17.5 Å². The molecule has 1 aliphatic heterocycles. The highest BCUT2D eigenvalue weighted by atomic mass is 32.2. The Bertz CT molecular complexity index is 1170. The van der Waals surface area contributed by atoms with Crippen molar-refractivity contribution in [2.24, 2.45) is 0 Å². The summed E-state index contributed by atoms with van der Waals surface area (Å²) >= 11 is 0. The molecule has 2 aromatic carbocycles. The summed E-state index contributed by atoms with van der Waals surface area (Å²) in [7, 11) is -8.16. The zero-order chi connectivity index (χ0) is 23.5. The SMILES string of the molecule is O=C(CCNS(=O)(=O)c1c(F)cccc1F)N1CCC(S(=O)(=O)c2ccc(F)cc2)CC1. The molecular formula is C20H21F3N2O5S2. The summed E-state index contributed by atoms with van der Waals surface area (Å²) in [4.78, 5) is 12.7. The van der Waals surface area contributed by atoms with E-state index in [1.165, 1.54) is 17.0 Å². The van der Waals surface area contributed by atoms with E-state index in [9.17, 15) is 34.8 Å². The van der Waals surface area contributed by atoms with Crippen LogP contribution in [0, 0.1) is 17.5 Å². The second-order valence-electron chi connectivity index (χ2n) is 7.28. The summed E-state index contributed by atoms with van der Waals surface area (Å²) in [5.41, 5.74) is 0. The van der Waals surface area contributed by atoms with Crippen molar-refractivity contribution < 1.29 is 34.8 Å². The van der Waals surface area contributed by atoms with Crippen LogP contribution < -0.4 is 4.72 Å². The van der Waals surface area contributed by atoms with Gasteiger partial charge in [0.05, 0.1) is 10.1 Å². The normalized spacial score (nSPS) is 15.7. The van der Waals surface area contributed by atoms with Gasteiger partial charge in [-0.15, -0.1) is 0 Å². The van der Waals surface area contributed by atoms with Crippen LogP contribution in [0.1, 0.15) is 19.3 Å². The number of hydrogen-bond donors (Lipinski definition) is 1. The van der Waals surface area contributed by atoms with Gasteiger partial charge < -0.3 is 4.90 Å². The maximum Gasteiger partial charge on any atom is 0.246 e. The third-order valence-corrected chi connectivity index (χ3v) is 8.98. The number of hydrogen-bond acceptors (Lipinski definition) is 5. The molecule has 1 N–H and O–H groups in total. The third kappa shape index (κ3) is 5.30. The molecule has 7 nitrogen and oxygen atoms in total. The second-order valence-corrected chi connectivity index (χ2v) is 11.2. The number of carbonyl (C=O) groups excluding carboxylic acids is 1. The number of sulfonamides is 1. The molecule has 0 spiro atoms. The number of halogens is 3. The summed E-state index contributed by atoms with van der Waals surface area (Å²) in [6.07, 6.45) is 0.0971. The molecule has 174 valence electrons. The number of carbonyl (C=O) groups is 1. The van der Waals surface area contributed by atoms with Crippen LogP contribution in [0.15, 0.2) is 52.3 Å². The monoisotopic (exact) mass is 490 g/mol. The Balaban J connectivity index is 1.53. The predicted octanol–water partition coefficient (Wildman–Crippen LogP) is 2.24. The molecule has 1 aliphatic rings. The smallest absolute Gasteiger partial charge is 0.246 e. The van der Waals surface area contributed by atoms with Gasteiger partial charge in [-0.2, -0.15) is 0 Å². The molecule has 1 saturated heterocycles. The predicted molar refractivity (Wildman–Crippen MR) is 109 cm³/mol. The highest BCUT2D eigenvalue weighted by Gasteiger charge is 2.33. The fourth-order valence-corrected chi connectivity index (χ4v) is 6.39. The molecule has 1 amide bonds. The van der Waals surface area contributed by atoms with E-state index < -0.39 is 53.4 Å². The van der Waals surface area contributed by atoms with Crippen LogP contribution in [-0.4, -0.2) is 52.5 Å². The van der Waals surface area contributed by atoms with Gasteiger partial charge in [-0.3, -0.25) is 4.79 Å². The topological polar surface area (TPSA) is 101 Å². The van der Waals surface area contributed by atoms with Gasteiger partial charge in [-0.05, 0) is 49.2 Å². The lowest BCUT2D eigenvalue weighted by Crippen LogP contribution is -2.43. The number of nitrogens with zero attached hydrogens (tertiary/aromatic N) is 1. The molecule has 1 fully saturated rings. The van der Waals surface area contributed by atoms with Gasteiger partial charge >= 0.3 is 0 Å². The minimum absolute atomic E-state index is 0.0125. The average Bonchev–Trinajstić information content (AvgIpc) is 2.73. The third-order valence-electron chi connectivity index (χ3n) is 5.19. The van der Waals surface area contributed by atoms with Crippen LogP contribution in [0.3, 0.4) is 0 Å². The van der Waals surface area contributed by atoms with E-state index in [2.05, 4.69) is 0 Å². The van der Waals surface area contributed by atoms with Crippen molar-refractivity contribution in [3.8, 4) is 0 Å². The Labute approximate surface area is 184 Å². The van der Waals surface area contributed by atoms with E-state index in [0.29, 0.717) is 0 Å². The fraction of sp³-hybridized carbons (Fsp3) is 0.350. The summed E-state index contributed by atoms with van der Waals surface area (Å²) in [6, 6.07) is 7.20. The van der Waals surface area contributed by atoms with Crippen molar-refractivity contribution in [3.63, 3.8) is 0 Å². The number of benzene rings is 2. The van der Waals surface area contributed by atoms with Gasteiger partial charge in [0.2, 0.25) is 15.9 Å². The quantitative estimate of drug-likeness (QED) is 0.600. The van der Waals surface area contributed by atoms with Crippen molar-refractivity contribution >= 4 is 25.8 Å². The van der Waals surface area contributed by atoms with E-state index in [4.69, 9.17) is 0 Å². The average molecular weight is 491 g/mol. The van der Waals surface area contributed by atoms with Gasteiger partial charge in [0.15, 0.2) is 14.7 Å². The molecule has 0 aromatic heterocycles. The highest BCUT2D eigenvalue weighted by molar-refractivity contribution is 7.92. The van der Waals surface area contributed by atoms with Crippen molar-refractivity contribution in [3.05, 3.63) is 59.9 Å². The maximum atomic E-state index is 13.7. The number of amides is 1. The van der Waals surface area contributed by atoms with Crippen molar-refractivity contribution in [2.45, 2.75) is 34.3 Å². The van der Waals surface area contributed by atoms with E-state index in [0.717, 1.165) is 30.3 Å². The first-order valence-corrected chi connectivity index (χ1v) is 12.8. The molecule has 12 heteroatoms. The van der Waals surface area contributed by atoms with E-state index in [-0.39, 0.29) is 43.8 Å². The molecule has 0 radical (unpaired) electrons. The molecule has 0 aliphatic carbocycles. The van der Waals surface area contributed by atoms with E-state index in [1.807, 2.05) is 4.72 Å². The number of nitrogens with one attached hydrogen (secondary N) is 1. The van der Waals surface area contributed by atoms with Gasteiger partial charge in [-0.25, -0.2) is 34.7 Å². The largest absolute Gasteiger partial charge is 0.343 e. The highest BCUT2D eigenvalue weighted by Crippen LogP contribution is 2.25. The zero-order valence-corrected chi connectivity index (χ0v) is 18.4. The zero-order valence-electron chi connectivity index (χ0n) is 16.8. The fourth-order valence-electron chi connectivity index (χ4n) is 3.49. The lowest BCUT2D eigenvalue weighted by Gasteiger charge is -2.31. The van der Waals surface area contributed by atoms with Crippen LogP contribution in [0.5, 0.6) is 0 Å². The van der Waals surface area contributed by atoms with Crippen molar-refractivity contribution in [2.75, 3.05) is 19.6 Å². The standard InChI is InChI=1S/C20H21F3N2O5S2/c21-14-4-6-15(7-5-14)31(27,28)16-9-12-25(13-10-16)19(26)8-11-24-32(29,30)20-17(22)2-1-3-18(20)23/h1-7,16,24H,8-13H2. The number of likely N-dealkylation sites (tertiary alicyclic amines) is 1. The number of rotatable bonds is 7. The lowest BCUT2D eigenvalue weighted by atomic mass is 10.1. The van der Waals surface area contributed by atoms with Crippen LogP contribution >= 0.6 is 0 Å². The summed E-state index contributed by atoms with van der Waals surface area (Å²) < 4.78 is 92.1. The molecule has 0 bridgehead atoms. The molecule has 0 unspecified atom stereocenters. The molecule has 0 atom stereocenters. The number of sulfone groups is 1. The van der Waals surface area contributed by atoms with Crippen LogP contribution in [0.2, 0.25) is 0 Å². The molecule has 1 heterocycles. The van der Waals surface area contributed by atoms with Crippen LogP contribution in [0.25, 0.3) is 0 Å². The Kier molecular flexibility index (Phi) is 7.25. The van der Waals surface area contributed by atoms with Gasteiger partial charge in [0, 0.05) is 26.1 Å². The van der Waals surface area contributed by atoms with Crippen LogP contribution in [0.4, 0.5) is 13.2 Å². The molecular weight excluding hydrogens is 469 g/mol.